The Bertz CT molecular complexity index is 780. The van der Waals surface area contributed by atoms with Crippen molar-refractivity contribution >= 4 is 20.4 Å². The average molecular weight is 464 g/mol. The maximum absolute atomic E-state index is 13.0. The van der Waals surface area contributed by atoms with Gasteiger partial charge in [0.05, 0.1) is 5.56 Å². The molecule has 176 valence electrons. The molecule has 31 heavy (non-hydrogen) atoms. The Labute approximate surface area is 182 Å². The Balaban J connectivity index is 3.41. The molecule has 0 aromatic heterocycles. The van der Waals surface area contributed by atoms with Gasteiger partial charge in [0.1, 0.15) is 11.7 Å². The maximum Gasteiger partial charge on any atom is 0.416 e. The second-order valence-corrected chi connectivity index (χ2v) is 14.6. The third-order valence-electron chi connectivity index (χ3n) is 5.04. The van der Waals surface area contributed by atoms with E-state index in [1.807, 2.05) is 33.9 Å². The molecule has 0 unspecified atom stereocenters. The largest absolute Gasteiger partial charge is 0.480 e. The number of carboxylic acid groups (broad SMARTS) is 1. The van der Waals surface area contributed by atoms with E-state index in [-0.39, 0.29) is 10.6 Å². The van der Waals surface area contributed by atoms with Crippen LogP contribution in [0.25, 0.3) is 0 Å². The summed E-state index contributed by atoms with van der Waals surface area (Å²) in [6, 6.07) is 2.51. The van der Waals surface area contributed by atoms with Gasteiger partial charge in [0.15, 0.2) is 14.4 Å². The minimum Gasteiger partial charge on any atom is -0.480 e. The number of rotatable bonds is 6. The highest BCUT2D eigenvalue weighted by atomic mass is 28.4. The first-order valence-electron chi connectivity index (χ1n) is 9.82. The molecule has 2 atom stereocenters. The molecule has 0 spiro atoms. The number of nitrogens with one attached hydrogen (secondary N) is 1. The highest BCUT2D eigenvalue weighted by Gasteiger charge is 2.44. The third kappa shape index (κ3) is 7.84. The standard InChI is InChI=1S/C21H32F3NO5Si/c1-19(2,3)29-18(28)25-15(17(26)27)16(30-31(7,8)20(4,5)6)13-9-11-14(12-10-13)21(22,23)24/h9-12,15-16H,1-8H3,(H,25,28)(H,26,27)/t15-,16-/m0/s1. The molecule has 0 aliphatic rings. The van der Waals surface area contributed by atoms with Gasteiger partial charge in [0, 0.05) is 0 Å². The van der Waals surface area contributed by atoms with Gasteiger partial charge in [-0.1, -0.05) is 32.9 Å². The molecule has 0 saturated carbocycles. The normalized spacial score (nSPS) is 15.2. The molecule has 10 heteroatoms. The molecule has 1 rings (SSSR count). The first kappa shape index (κ1) is 27.0. The van der Waals surface area contributed by atoms with Crippen molar-refractivity contribution in [2.24, 2.45) is 0 Å². The van der Waals surface area contributed by atoms with Crippen molar-refractivity contribution in [3.63, 3.8) is 0 Å². The second-order valence-electron chi connectivity index (χ2n) is 9.88. The lowest BCUT2D eigenvalue weighted by atomic mass is 10.0. The van der Waals surface area contributed by atoms with E-state index in [4.69, 9.17) is 9.16 Å². The number of ether oxygens (including phenoxy) is 1. The van der Waals surface area contributed by atoms with Crippen LogP contribution in [-0.4, -0.2) is 37.1 Å². The predicted molar refractivity (Wildman–Crippen MR) is 113 cm³/mol. The minimum atomic E-state index is -4.53. The molecule has 1 aromatic rings. The van der Waals surface area contributed by atoms with E-state index in [1.54, 1.807) is 20.8 Å². The third-order valence-corrected chi connectivity index (χ3v) is 9.49. The number of carboxylic acids is 1. The molecule has 2 N–H and O–H groups in total. The van der Waals surface area contributed by atoms with Gasteiger partial charge in [-0.25, -0.2) is 9.59 Å². The number of alkyl halides is 3. The van der Waals surface area contributed by atoms with Crippen molar-refractivity contribution in [3.8, 4) is 0 Å². The van der Waals surface area contributed by atoms with Gasteiger partial charge in [-0.15, -0.1) is 0 Å². The Morgan fingerprint density at radius 2 is 1.48 bits per heavy atom. The van der Waals surface area contributed by atoms with E-state index in [1.165, 1.54) is 12.1 Å². The number of alkyl carbamates (subject to hydrolysis) is 1. The summed E-state index contributed by atoms with van der Waals surface area (Å²) in [4.78, 5) is 24.3. The summed E-state index contributed by atoms with van der Waals surface area (Å²) in [5, 5.41) is 11.8. The van der Waals surface area contributed by atoms with E-state index in [0.29, 0.717) is 0 Å². The summed E-state index contributed by atoms with van der Waals surface area (Å²) in [6.45, 7) is 14.5. The summed E-state index contributed by atoms with van der Waals surface area (Å²) in [5.41, 5.74) is -1.52. The van der Waals surface area contributed by atoms with Gasteiger partial charge in [0.25, 0.3) is 0 Å². The number of benzene rings is 1. The number of carbonyl (C=O) groups excluding carboxylic acids is 1. The number of carbonyl (C=O) groups is 2. The van der Waals surface area contributed by atoms with Gasteiger partial charge >= 0.3 is 18.2 Å². The van der Waals surface area contributed by atoms with E-state index >= 15 is 0 Å². The molecule has 0 fully saturated rings. The van der Waals surface area contributed by atoms with Crippen LogP contribution in [0.3, 0.4) is 0 Å². The van der Waals surface area contributed by atoms with Crippen LogP contribution in [0.4, 0.5) is 18.0 Å². The van der Waals surface area contributed by atoms with Crippen LogP contribution in [0, 0.1) is 0 Å². The Morgan fingerprint density at radius 3 is 1.84 bits per heavy atom. The number of hydrogen-bond donors (Lipinski definition) is 2. The summed E-state index contributed by atoms with van der Waals surface area (Å²) in [5.74, 6) is -1.39. The zero-order valence-corrected chi connectivity index (χ0v) is 20.2. The zero-order valence-electron chi connectivity index (χ0n) is 19.2. The van der Waals surface area contributed by atoms with Crippen LogP contribution in [0.15, 0.2) is 24.3 Å². The highest BCUT2D eigenvalue weighted by molar-refractivity contribution is 6.74. The molecule has 0 aliphatic heterocycles. The van der Waals surface area contributed by atoms with Gasteiger partial charge in [-0.2, -0.15) is 13.2 Å². The topological polar surface area (TPSA) is 84.9 Å². The molecule has 1 amide bonds. The number of amides is 1. The summed E-state index contributed by atoms with van der Waals surface area (Å²) in [6.07, 6.45) is -6.71. The molecule has 0 radical (unpaired) electrons. The van der Waals surface area contributed by atoms with Crippen molar-refractivity contribution in [2.75, 3.05) is 0 Å². The van der Waals surface area contributed by atoms with Crippen molar-refractivity contribution in [1.29, 1.82) is 0 Å². The number of hydrogen-bond acceptors (Lipinski definition) is 4. The lowest BCUT2D eigenvalue weighted by molar-refractivity contribution is -0.142. The zero-order chi connectivity index (χ0) is 24.4. The summed E-state index contributed by atoms with van der Waals surface area (Å²) in [7, 11) is -2.59. The maximum atomic E-state index is 13.0. The van der Waals surface area contributed by atoms with Crippen LogP contribution >= 0.6 is 0 Å². The van der Waals surface area contributed by atoms with Gasteiger partial charge < -0.3 is 19.6 Å². The fourth-order valence-electron chi connectivity index (χ4n) is 2.39. The van der Waals surface area contributed by atoms with Crippen LogP contribution in [0.2, 0.25) is 18.1 Å². The van der Waals surface area contributed by atoms with Gasteiger partial charge in [-0.3, -0.25) is 0 Å². The molecule has 6 nitrogen and oxygen atoms in total. The molecule has 0 saturated heterocycles. The van der Waals surface area contributed by atoms with Crippen LogP contribution in [0.1, 0.15) is 58.8 Å². The lowest BCUT2D eigenvalue weighted by Crippen LogP contribution is -2.51. The molecule has 0 bridgehead atoms. The van der Waals surface area contributed by atoms with Crippen LogP contribution in [0.5, 0.6) is 0 Å². The summed E-state index contributed by atoms with van der Waals surface area (Å²) < 4.78 is 50.4. The first-order chi connectivity index (χ1) is 13.7. The SMILES string of the molecule is CC(C)(C)OC(=O)N[C@H](C(=O)O)[C@@H](O[Si](C)(C)C(C)(C)C)c1ccc(C(F)(F)F)cc1. The van der Waals surface area contributed by atoms with Crippen molar-refractivity contribution in [1.82, 2.24) is 5.32 Å². The van der Waals surface area contributed by atoms with Gasteiger partial charge in [0.2, 0.25) is 0 Å². The molecular formula is C21H32F3NO5Si. The van der Waals surface area contributed by atoms with Crippen molar-refractivity contribution < 1.29 is 37.0 Å². The fraction of sp³-hybridized carbons (Fsp3) is 0.619. The average Bonchev–Trinajstić information content (AvgIpc) is 2.54. The monoisotopic (exact) mass is 463 g/mol. The molecular weight excluding hydrogens is 431 g/mol. The van der Waals surface area contributed by atoms with Crippen LogP contribution < -0.4 is 5.32 Å². The number of aliphatic carboxylic acids is 1. The van der Waals surface area contributed by atoms with Crippen LogP contribution in [-0.2, 0) is 20.1 Å². The molecule has 0 aliphatic carbocycles. The molecule has 0 heterocycles. The van der Waals surface area contributed by atoms with Crippen molar-refractivity contribution in [2.45, 2.75) is 83.6 Å². The van der Waals surface area contributed by atoms with Gasteiger partial charge in [-0.05, 0) is 56.6 Å². The lowest BCUT2D eigenvalue weighted by Gasteiger charge is -2.41. The van der Waals surface area contributed by atoms with E-state index in [9.17, 15) is 27.9 Å². The first-order valence-corrected chi connectivity index (χ1v) is 12.7. The summed E-state index contributed by atoms with van der Waals surface area (Å²) >= 11 is 0. The Hall–Kier alpha value is -2.07. The second kappa shape index (κ2) is 9.19. The van der Waals surface area contributed by atoms with E-state index in [0.717, 1.165) is 12.1 Å². The highest BCUT2D eigenvalue weighted by Crippen LogP contribution is 2.41. The van der Waals surface area contributed by atoms with E-state index in [2.05, 4.69) is 5.32 Å². The van der Waals surface area contributed by atoms with Crippen molar-refractivity contribution in [3.05, 3.63) is 35.4 Å². The Kier molecular flexibility index (Phi) is 8.00. The smallest absolute Gasteiger partial charge is 0.416 e. The predicted octanol–water partition coefficient (Wildman–Crippen LogP) is 5.75. The van der Waals surface area contributed by atoms with E-state index < -0.39 is 49.9 Å². The molecule has 1 aromatic carbocycles. The fourth-order valence-corrected chi connectivity index (χ4v) is 3.65. The number of halogens is 3. The quantitative estimate of drug-likeness (QED) is 0.525. The minimum absolute atomic E-state index is 0.210. The Morgan fingerprint density at radius 1 is 1.00 bits per heavy atom.